The van der Waals surface area contributed by atoms with Gasteiger partial charge >= 0.3 is 8.80 Å². The Morgan fingerprint density at radius 1 is 1.17 bits per heavy atom. The van der Waals surface area contributed by atoms with Crippen LogP contribution in [0.1, 0.15) is 12.8 Å². The van der Waals surface area contributed by atoms with Crippen molar-refractivity contribution in [1.82, 2.24) is 0 Å². The predicted octanol–water partition coefficient (Wildman–Crippen LogP) is 0.637. The molecule has 0 bridgehead atoms. The molecule has 0 radical (unpaired) electrons. The van der Waals surface area contributed by atoms with E-state index < -0.39 is 8.80 Å². The second-order valence-corrected chi connectivity index (χ2v) is 5.38. The predicted molar refractivity (Wildman–Crippen MR) is 47.9 cm³/mol. The molecule has 12 heavy (non-hydrogen) atoms. The molecule has 0 amide bonds. The van der Waals surface area contributed by atoms with Crippen LogP contribution in [0.25, 0.3) is 0 Å². The maximum atomic E-state index is 8.50. The van der Waals surface area contributed by atoms with E-state index in [0.29, 0.717) is 6.61 Å². The van der Waals surface area contributed by atoms with Crippen molar-refractivity contribution in [3.05, 3.63) is 0 Å². The molecule has 0 aliphatic heterocycles. The number of aliphatic hydroxyl groups is 1. The molecule has 0 atom stereocenters. The summed E-state index contributed by atoms with van der Waals surface area (Å²) in [6.45, 7) is 2.64. The van der Waals surface area contributed by atoms with Crippen molar-refractivity contribution in [1.29, 1.82) is 0 Å². The second kappa shape index (κ2) is 6.56. The lowest BCUT2D eigenvalue weighted by Crippen LogP contribution is -2.40. The number of hydrogen-bond acceptors (Lipinski definition) is 4. The Balaban J connectivity index is 3.45. The lowest BCUT2D eigenvalue weighted by atomic mass is 10.3. The zero-order valence-electron chi connectivity index (χ0n) is 8.00. The van der Waals surface area contributed by atoms with Crippen LogP contribution in [0.2, 0.25) is 6.55 Å². The van der Waals surface area contributed by atoms with Crippen LogP contribution in [0.4, 0.5) is 0 Å². The largest absolute Gasteiger partial charge is 0.497 e. The highest BCUT2D eigenvalue weighted by molar-refractivity contribution is 6.59. The van der Waals surface area contributed by atoms with Crippen molar-refractivity contribution in [2.24, 2.45) is 0 Å². The van der Waals surface area contributed by atoms with Gasteiger partial charge in [-0.3, -0.25) is 0 Å². The Hall–Kier alpha value is 0.0569. The third-order valence-electron chi connectivity index (χ3n) is 1.66. The van der Waals surface area contributed by atoms with Crippen LogP contribution in [0.15, 0.2) is 0 Å². The van der Waals surface area contributed by atoms with E-state index in [4.69, 9.17) is 18.4 Å². The van der Waals surface area contributed by atoms with Gasteiger partial charge in [0.05, 0.1) is 0 Å². The molecule has 0 unspecified atom stereocenters. The summed E-state index contributed by atoms with van der Waals surface area (Å²) < 4.78 is 15.6. The lowest BCUT2D eigenvalue weighted by molar-refractivity contribution is 0.102. The molecule has 0 saturated carbocycles. The topological polar surface area (TPSA) is 47.9 Å². The molecule has 74 valence electrons. The van der Waals surface area contributed by atoms with Gasteiger partial charge in [-0.2, -0.15) is 0 Å². The minimum absolute atomic E-state index is 0.210. The molecule has 0 saturated heterocycles. The van der Waals surface area contributed by atoms with E-state index in [2.05, 4.69) is 0 Å². The lowest BCUT2D eigenvalue weighted by Gasteiger charge is -2.21. The molecule has 0 aromatic heterocycles. The van der Waals surface area contributed by atoms with Gasteiger partial charge in [-0.1, -0.05) is 0 Å². The van der Waals surface area contributed by atoms with Crippen molar-refractivity contribution < 1.29 is 18.4 Å². The van der Waals surface area contributed by atoms with E-state index in [1.807, 2.05) is 6.55 Å². The highest BCUT2D eigenvalue weighted by Crippen LogP contribution is 2.06. The van der Waals surface area contributed by atoms with Crippen molar-refractivity contribution in [2.75, 3.05) is 27.4 Å². The summed E-state index contributed by atoms with van der Waals surface area (Å²) in [6, 6.07) is 0. The average molecular weight is 194 g/mol. The van der Waals surface area contributed by atoms with Crippen LogP contribution in [0.3, 0.4) is 0 Å². The Labute approximate surface area is 74.8 Å². The maximum Gasteiger partial charge on any atom is 0.497 e. The fourth-order valence-corrected chi connectivity index (χ4v) is 1.59. The molecular formula is C7H18O4Si. The molecule has 0 aliphatic carbocycles. The molecule has 0 aliphatic rings. The summed E-state index contributed by atoms with van der Waals surface area (Å²) in [5.41, 5.74) is 0. The molecule has 1 N–H and O–H groups in total. The van der Waals surface area contributed by atoms with Gasteiger partial charge in [0.1, 0.15) is 0 Å². The number of rotatable bonds is 7. The van der Waals surface area contributed by atoms with Crippen LogP contribution in [0.5, 0.6) is 0 Å². The number of hydrogen-bond donors (Lipinski definition) is 1. The molecular weight excluding hydrogens is 176 g/mol. The summed E-state index contributed by atoms with van der Waals surface area (Å²) in [4.78, 5) is 0. The summed E-state index contributed by atoms with van der Waals surface area (Å²) in [5.74, 6) is 0. The van der Waals surface area contributed by atoms with Gasteiger partial charge < -0.3 is 18.4 Å². The normalized spacial score (nSPS) is 12.0. The summed E-state index contributed by atoms with van der Waals surface area (Å²) in [5, 5.41) is 8.50. The SMILES string of the molecule is CO[Si](C)(OC)OCCCCO. The van der Waals surface area contributed by atoms with E-state index in [1.165, 1.54) is 0 Å². The van der Waals surface area contributed by atoms with Crippen LogP contribution in [0, 0.1) is 0 Å². The minimum Gasteiger partial charge on any atom is -0.396 e. The van der Waals surface area contributed by atoms with Gasteiger partial charge in [-0.05, 0) is 12.8 Å². The zero-order chi connectivity index (χ0) is 9.45. The Kier molecular flexibility index (Phi) is 6.59. The minimum atomic E-state index is -2.33. The quantitative estimate of drug-likeness (QED) is 0.477. The van der Waals surface area contributed by atoms with E-state index in [9.17, 15) is 0 Å². The Bertz CT molecular complexity index is 106. The van der Waals surface area contributed by atoms with E-state index >= 15 is 0 Å². The molecule has 0 aromatic carbocycles. The van der Waals surface area contributed by atoms with Crippen molar-refractivity contribution >= 4 is 8.80 Å². The molecule has 5 heteroatoms. The second-order valence-electron chi connectivity index (χ2n) is 2.55. The maximum absolute atomic E-state index is 8.50. The van der Waals surface area contributed by atoms with Crippen LogP contribution < -0.4 is 0 Å². The molecule has 4 nitrogen and oxygen atoms in total. The summed E-state index contributed by atoms with van der Waals surface area (Å²) in [6.07, 6.45) is 1.60. The van der Waals surface area contributed by atoms with Gasteiger partial charge in [0.15, 0.2) is 0 Å². The van der Waals surface area contributed by atoms with Gasteiger partial charge in [0.2, 0.25) is 0 Å². The molecule has 0 fully saturated rings. The Morgan fingerprint density at radius 2 is 1.75 bits per heavy atom. The van der Waals surface area contributed by atoms with E-state index in [1.54, 1.807) is 14.2 Å². The number of aliphatic hydroxyl groups excluding tert-OH is 1. The molecule has 0 rings (SSSR count). The third-order valence-corrected chi connectivity index (χ3v) is 3.87. The molecule has 0 spiro atoms. The monoisotopic (exact) mass is 194 g/mol. The third kappa shape index (κ3) is 4.84. The van der Waals surface area contributed by atoms with E-state index in [-0.39, 0.29) is 6.61 Å². The van der Waals surface area contributed by atoms with Crippen molar-refractivity contribution in [3.8, 4) is 0 Å². The first-order valence-electron chi connectivity index (χ1n) is 4.03. The van der Waals surface area contributed by atoms with Gasteiger partial charge in [-0.15, -0.1) is 0 Å². The summed E-state index contributed by atoms with van der Waals surface area (Å²) in [7, 11) is 0.841. The van der Waals surface area contributed by atoms with Gasteiger partial charge in [-0.25, -0.2) is 0 Å². The Morgan fingerprint density at radius 3 is 2.17 bits per heavy atom. The summed E-state index contributed by atoms with van der Waals surface area (Å²) >= 11 is 0. The first-order valence-corrected chi connectivity index (χ1v) is 6.26. The first kappa shape index (κ1) is 12.1. The average Bonchev–Trinajstić information content (AvgIpc) is 2.12. The van der Waals surface area contributed by atoms with Crippen LogP contribution in [-0.2, 0) is 13.3 Å². The van der Waals surface area contributed by atoms with Crippen LogP contribution >= 0.6 is 0 Å². The fourth-order valence-electron chi connectivity index (χ4n) is 0.673. The van der Waals surface area contributed by atoms with Gasteiger partial charge in [0, 0.05) is 34.0 Å². The van der Waals surface area contributed by atoms with Crippen LogP contribution in [-0.4, -0.2) is 41.3 Å². The molecule has 0 heterocycles. The van der Waals surface area contributed by atoms with Crippen molar-refractivity contribution in [2.45, 2.75) is 19.4 Å². The zero-order valence-corrected chi connectivity index (χ0v) is 9.00. The highest BCUT2D eigenvalue weighted by Gasteiger charge is 2.31. The van der Waals surface area contributed by atoms with Gasteiger partial charge in [0.25, 0.3) is 0 Å². The van der Waals surface area contributed by atoms with Crippen molar-refractivity contribution in [3.63, 3.8) is 0 Å². The first-order chi connectivity index (χ1) is 5.68. The number of unbranched alkanes of at least 4 members (excludes halogenated alkanes) is 1. The van der Waals surface area contributed by atoms with E-state index in [0.717, 1.165) is 12.8 Å². The smallest absolute Gasteiger partial charge is 0.396 e. The fraction of sp³-hybridized carbons (Fsp3) is 1.00. The standard InChI is InChI=1S/C7H18O4Si/c1-9-12(3,10-2)11-7-5-4-6-8/h8H,4-7H2,1-3H3. The molecule has 0 aromatic rings. The highest BCUT2D eigenvalue weighted by atomic mass is 28.4.